The van der Waals surface area contributed by atoms with Crippen molar-refractivity contribution in [3.8, 4) is 0 Å². The van der Waals surface area contributed by atoms with Gasteiger partial charge in [-0.15, -0.1) is 11.6 Å². The van der Waals surface area contributed by atoms with Crippen LogP contribution in [-0.4, -0.2) is 49.9 Å². The van der Waals surface area contributed by atoms with Crippen LogP contribution in [0.5, 0.6) is 0 Å². The molecule has 0 saturated carbocycles. The Kier molecular flexibility index (Phi) is 5.22. The van der Waals surface area contributed by atoms with Gasteiger partial charge in [-0.25, -0.2) is 12.7 Å². The maximum Gasteiger partial charge on any atom is 0.224 e. The number of nitrogens with one attached hydrogen (secondary N) is 1. The van der Waals surface area contributed by atoms with E-state index in [9.17, 15) is 13.2 Å². The number of hydrogen-bond donors (Lipinski definition) is 1. The van der Waals surface area contributed by atoms with Crippen LogP contribution in [0.3, 0.4) is 0 Å². The van der Waals surface area contributed by atoms with E-state index in [1.54, 1.807) is 6.92 Å². The lowest BCUT2D eigenvalue weighted by Gasteiger charge is -2.31. The molecule has 0 radical (unpaired) electrons. The summed E-state index contributed by atoms with van der Waals surface area (Å²) in [4.78, 5) is 11.6. The van der Waals surface area contributed by atoms with Crippen LogP contribution in [0.1, 0.15) is 19.8 Å². The molecule has 17 heavy (non-hydrogen) atoms. The Balaban J connectivity index is 2.40. The van der Waals surface area contributed by atoms with Crippen LogP contribution in [-0.2, 0) is 14.8 Å². The zero-order chi connectivity index (χ0) is 13.1. The fourth-order valence-corrected chi connectivity index (χ4v) is 2.76. The molecule has 5 nitrogen and oxygen atoms in total. The number of halogens is 1. The molecule has 100 valence electrons. The molecule has 1 fully saturated rings. The van der Waals surface area contributed by atoms with Crippen molar-refractivity contribution in [2.24, 2.45) is 5.92 Å². The van der Waals surface area contributed by atoms with Gasteiger partial charge in [0, 0.05) is 30.9 Å². The Hall–Kier alpha value is -0.330. The van der Waals surface area contributed by atoms with Crippen molar-refractivity contribution >= 4 is 27.5 Å². The minimum atomic E-state index is -3.10. The number of piperidine rings is 1. The highest BCUT2D eigenvalue weighted by molar-refractivity contribution is 7.88. The van der Waals surface area contributed by atoms with E-state index in [0.717, 1.165) is 0 Å². The zero-order valence-electron chi connectivity index (χ0n) is 10.1. The first kappa shape index (κ1) is 14.7. The third kappa shape index (κ3) is 4.44. The monoisotopic (exact) mass is 282 g/mol. The highest BCUT2D eigenvalue weighted by Gasteiger charge is 2.26. The van der Waals surface area contributed by atoms with E-state index in [0.29, 0.717) is 31.8 Å². The third-order valence-electron chi connectivity index (χ3n) is 2.95. The van der Waals surface area contributed by atoms with Gasteiger partial charge in [-0.2, -0.15) is 0 Å². The minimum Gasteiger partial charge on any atom is -0.353 e. The molecule has 7 heteroatoms. The number of nitrogens with zero attached hydrogens (tertiary/aromatic N) is 1. The van der Waals surface area contributed by atoms with Gasteiger partial charge in [0.2, 0.25) is 15.9 Å². The fourth-order valence-electron chi connectivity index (χ4n) is 1.75. The van der Waals surface area contributed by atoms with Gasteiger partial charge in [-0.1, -0.05) is 6.92 Å². The molecular formula is C10H19ClN2O3S. The highest BCUT2D eigenvalue weighted by Crippen LogP contribution is 2.13. The normalized spacial score (nSPS) is 21.1. The number of sulfonamides is 1. The third-order valence-corrected chi connectivity index (χ3v) is 4.71. The molecule has 1 saturated heterocycles. The van der Waals surface area contributed by atoms with E-state index in [1.807, 2.05) is 0 Å². The van der Waals surface area contributed by atoms with Crippen molar-refractivity contribution in [3.05, 3.63) is 0 Å². The standard InChI is InChI=1S/C10H19ClN2O3S/c1-8(7-11)10(14)12-9-3-5-13(6-4-9)17(2,15)16/h8-9H,3-7H2,1-2H3,(H,12,14). The highest BCUT2D eigenvalue weighted by atomic mass is 35.5. The molecule has 0 aliphatic carbocycles. The first-order valence-corrected chi connectivity index (χ1v) is 8.04. The lowest BCUT2D eigenvalue weighted by atomic mass is 10.1. The molecule has 0 aromatic carbocycles. The van der Waals surface area contributed by atoms with Gasteiger partial charge in [0.1, 0.15) is 0 Å². The van der Waals surface area contributed by atoms with Crippen LogP contribution < -0.4 is 5.32 Å². The Labute approximate surface area is 108 Å². The number of hydrogen-bond acceptors (Lipinski definition) is 3. The summed E-state index contributed by atoms with van der Waals surface area (Å²) in [6, 6.07) is 0.0613. The predicted molar refractivity (Wildman–Crippen MR) is 67.5 cm³/mol. The summed E-state index contributed by atoms with van der Waals surface area (Å²) in [5.74, 6) is 0.0380. The molecule has 1 aliphatic heterocycles. The van der Waals surface area contributed by atoms with Crippen molar-refractivity contribution in [3.63, 3.8) is 0 Å². The number of carbonyl (C=O) groups is 1. The van der Waals surface area contributed by atoms with Gasteiger partial charge >= 0.3 is 0 Å². The van der Waals surface area contributed by atoms with Gasteiger partial charge < -0.3 is 5.32 Å². The summed E-state index contributed by atoms with van der Waals surface area (Å²) in [7, 11) is -3.10. The van der Waals surface area contributed by atoms with Gasteiger partial charge in [0.25, 0.3) is 0 Å². The van der Waals surface area contributed by atoms with Crippen LogP contribution in [0.2, 0.25) is 0 Å². The van der Waals surface area contributed by atoms with Crippen LogP contribution in [0.25, 0.3) is 0 Å². The molecular weight excluding hydrogens is 264 g/mol. The van der Waals surface area contributed by atoms with E-state index in [1.165, 1.54) is 10.6 Å². The molecule has 1 atom stereocenters. The van der Waals surface area contributed by atoms with Gasteiger partial charge in [0.15, 0.2) is 0 Å². The molecule has 1 unspecified atom stereocenters. The van der Waals surface area contributed by atoms with E-state index in [4.69, 9.17) is 11.6 Å². The van der Waals surface area contributed by atoms with Crippen LogP contribution in [0, 0.1) is 5.92 Å². The van der Waals surface area contributed by atoms with Crippen LogP contribution in [0.4, 0.5) is 0 Å². The molecule has 1 rings (SSSR count). The summed E-state index contributed by atoms with van der Waals surface area (Å²) in [6.07, 6.45) is 2.53. The van der Waals surface area contributed by atoms with Gasteiger partial charge in [-0.05, 0) is 12.8 Å². The second-order valence-corrected chi connectivity index (χ2v) is 6.79. The quantitative estimate of drug-likeness (QED) is 0.759. The maximum absolute atomic E-state index is 11.6. The fraction of sp³-hybridized carbons (Fsp3) is 0.900. The van der Waals surface area contributed by atoms with Crippen molar-refractivity contribution in [2.45, 2.75) is 25.8 Å². The summed E-state index contributed by atoms with van der Waals surface area (Å²) in [6.45, 7) is 2.71. The lowest BCUT2D eigenvalue weighted by Crippen LogP contribution is -2.47. The summed E-state index contributed by atoms with van der Waals surface area (Å²) in [5.41, 5.74) is 0. The Morgan fingerprint density at radius 3 is 2.41 bits per heavy atom. The summed E-state index contributed by atoms with van der Waals surface area (Å²) >= 11 is 5.60. The number of carbonyl (C=O) groups excluding carboxylic acids is 1. The first-order chi connectivity index (χ1) is 7.84. The SMILES string of the molecule is CC(CCl)C(=O)NC1CCN(S(C)(=O)=O)CC1. The number of alkyl halides is 1. The minimum absolute atomic E-state index is 0.0576. The van der Waals surface area contributed by atoms with E-state index < -0.39 is 10.0 Å². The van der Waals surface area contributed by atoms with Gasteiger partial charge in [0.05, 0.1) is 6.26 Å². The van der Waals surface area contributed by atoms with Crippen molar-refractivity contribution < 1.29 is 13.2 Å². The van der Waals surface area contributed by atoms with E-state index in [-0.39, 0.29) is 17.9 Å². The van der Waals surface area contributed by atoms with Crippen molar-refractivity contribution in [2.75, 3.05) is 25.2 Å². The average molecular weight is 283 g/mol. The van der Waals surface area contributed by atoms with Crippen molar-refractivity contribution in [1.29, 1.82) is 0 Å². The topological polar surface area (TPSA) is 66.5 Å². The molecule has 1 aliphatic rings. The van der Waals surface area contributed by atoms with Crippen molar-refractivity contribution in [1.82, 2.24) is 9.62 Å². The Morgan fingerprint density at radius 1 is 1.47 bits per heavy atom. The molecule has 0 spiro atoms. The molecule has 1 amide bonds. The molecule has 1 heterocycles. The summed E-state index contributed by atoms with van der Waals surface area (Å²) < 4.78 is 24.0. The first-order valence-electron chi connectivity index (χ1n) is 5.66. The molecule has 0 bridgehead atoms. The molecule has 0 aromatic rings. The zero-order valence-corrected chi connectivity index (χ0v) is 11.7. The van der Waals surface area contributed by atoms with Crippen LogP contribution >= 0.6 is 11.6 Å². The maximum atomic E-state index is 11.6. The predicted octanol–water partition coefficient (Wildman–Crippen LogP) is 0.401. The lowest BCUT2D eigenvalue weighted by molar-refractivity contribution is -0.124. The second-order valence-electron chi connectivity index (χ2n) is 4.50. The largest absolute Gasteiger partial charge is 0.353 e. The Bertz CT molecular complexity index is 364. The van der Waals surface area contributed by atoms with Gasteiger partial charge in [-0.3, -0.25) is 4.79 Å². The molecule has 1 N–H and O–H groups in total. The average Bonchev–Trinajstić information content (AvgIpc) is 2.27. The van der Waals surface area contributed by atoms with E-state index >= 15 is 0 Å². The second kappa shape index (κ2) is 6.02. The number of rotatable bonds is 4. The van der Waals surface area contributed by atoms with Crippen LogP contribution in [0.15, 0.2) is 0 Å². The Morgan fingerprint density at radius 2 is 2.00 bits per heavy atom. The smallest absolute Gasteiger partial charge is 0.224 e. The number of amides is 1. The molecule has 0 aromatic heterocycles. The van der Waals surface area contributed by atoms with E-state index in [2.05, 4.69) is 5.32 Å². The summed E-state index contributed by atoms with van der Waals surface area (Å²) in [5, 5.41) is 2.90.